The second kappa shape index (κ2) is 7.98. The maximum atomic E-state index is 12.8. The van der Waals surface area contributed by atoms with Gasteiger partial charge < -0.3 is 10.4 Å². The summed E-state index contributed by atoms with van der Waals surface area (Å²) in [7, 11) is 0. The molecule has 8 nitrogen and oxygen atoms in total. The minimum absolute atomic E-state index is 0.153. The van der Waals surface area contributed by atoms with E-state index in [0.29, 0.717) is 11.8 Å². The maximum absolute atomic E-state index is 12.8. The largest absolute Gasteiger partial charge is 0.478 e. The number of hydrogen-bond donors (Lipinski definition) is 2. The summed E-state index contributed by atoms with van der Waals surface area (Å²) in [6.45, 7) is 3.77. The molecule has 0 saturated carbocycles. The molecule has 3 heterocycles. The Hall–Kier alpha value is -4.33. The third-order valence-electron chi connectivity index (χ3n) is 5.68. The van der Waals surface area contributed by atoms with E-state index in [2.05, 4.69) is 15.3 Å². The molecule has 1 atom stereocenters. The van der Waals surface area contributed by atoms with Crippen LogP contribution in [0.5, 0.6) is 0 Å². The third kappa shape index (κ3) is 3.76. The summed E-state index contributed by atoms with van der Waals surface area (Å²) in [6, 6.07) is 18.3. The van der Waals surface area contributed by atoms with Gasteiger partial charge in [-0.15, -0.1) is 0 Å². The molecular weight excluding hydrogens is 418 g/mol. The Morgan fingerprint density at radius 1 is 1.03 bits per heavy atom. The number of hydrogen-bond acceptors (Lipinski definition) is 5. The van der Waals surface area contributed by atoms with Gasteiger partial charge in [0.25, 0.3) is 5.95 Å². The average Bonchev–Trinajstić information content (AvgIpc) is 3.18. The summed E-state index contributed by atoms with van der Waals surface area (Å²) < 4.78 is 1.59. The topological polar surface area (TPSA) is 110 Å². The molecule has 2 aromatic carbocycles. The first-order chi connectivity index (χ1) is 15.9. The average molecular weight is 439 g/mol. The van der Waals surface area contributed by atoms with Gasteiger partial charge in [0.2, 0.25) is 5.91 Å². The lowest BCUT2D eigenvalue weighted by molar-refractivity contribution is -0.116. The number of benzene rings is 2. The number of nitrogens with one attached hydrogen (secondary N) is 1. The fourth-order valence-electron chi connectivity index (χ4n) is 4.25. The van der Waals surface area contributed by atoms with Gasteiger partial charge in [0, 0.05) is 34.9 Å². The second-order valence-electron chi connectivity index (χ2n) is 8.07. The Morgan fingerprint density at radius 3 is 2.33 bits per heavy atom. The molecule has 0 radical (unpaired) electrons. The standard InChI is InChI=1S/C25H21N5O3/c1-14-12-15(2)27-25(26-14)30-23-21(22(29-30)17-6-4-3-5-7-17)19(13-20(31)28-23)16-8-10-18(11-9-16)24(32)33/h3-12,19H,13H2,1-2H3,(H,28,31)(H,32,33)/t19-/m0/s1. The molecule has 1 amide bonds. The van der Waals surface area contributed by atoms with Crippen LogP contribution in [-0.4, -0.2) is 36.7 Å². The second-order valence-corrected chi connectivity index (χ2v) is 8.07. The highest BCUT2D eigenvalue weighted by Gasteiger charge is 2.35. The Kier molecular flexibility index (Phi) is 4.97. The quantitative estimate of drug-likeness (QED) is 0.495. The number of aryl methyl sites for hydroxylation is 2. The van der Waals surface area contributed by atoms with E-state index in [-0.39, 0.29) is 23.8 Å². The van der Waals surface area contributed by atoms with E-state index in [9.17, 15) is 14.7 Å². The number of anilines is 1. The third-order valence-corrected chi connectivity index (χ3v) is 5.68. The molecule has 0 bridgehead atoms. The van der Waals surface area contributed by atoms with E-state index >= 15 is 0 Å². The summed E-state index contributed by atoms with van der Waals surface area (Å²) in [5, 5.41) is 17.1. The minimum atomic E-state index is -0.992. The number of carbonyl (C=O) groups is 2. The molecule has 0 unspecified atom stereocenters. The van der Waals surface area contributed by atoms with Gasteiger partial charge in [-0.1, -0.05) is 42.5 Å². The van der Waals surface area contributed by atoms with Gasteiger partial charge in [-0.3, -0.25) is 4.79 Å². The van der Waals surface area contributed by atoms with Gasteiger partial charge in [0.1, 0.15) is 5.82 Å². The van der Waals surface area contributed by atoms with E-state index in [1.165, 1.54) is 0 Å². The minimum Gasteiger partial charge on any atom is -0.478 e. The van der Waals surface area contributed by atoms with Crippen molar-refractivity contribution in [3.63, 3.8) is 0 Å². The van der Waals surface area contributed by atoms with E-state index < -0.39 is 5.97 Å². The zero-order valence-corrected chi connectivity index (χ0v) is 18.1. The lowest BCUT2D eigenvalue weighted by atomic mass is 9.84. The van der Waals surface area contributed by atoms with Crippen LogP contribution in [0, 0.1) is 13.8 Å². The SMILES string of the molecule is Cc1cc(C)nc(-n2nc(-c3ccccc3)c3c2NC(=O)C[C@H]3c2ccc(C(=O)O)cc2)n1. The van der Waals surface area contributed by atoms with Gasteiger partial charge in [-0.25, -0.2) is 14.8 Å². The van der Waals surface area contributed by atoms with Crippen molar-refractivity contribution in [1.29, 1.82) is 0 Å². The number of carboxylic acid groups (broad SMARTS) is 1. The molecule has 0 fully saturated rings. The molecular formula is C25H21N5O3. The Balaban J connectivity index is 1.75. The fourth-order valence-corrected chi connectivity index (χ4v) is 4.25. The highest BCUT2D eigenvalue weighted by molar-refractivity contribution is 5.96. The van der Waals surface area contributed by atoms with Crippen molar-refractivity contribution in [2.75, 3.05) is 5.32 Å². The van der Waals surface area contributed by atoms with Crippen LogP contribution in [0.15, 0.2) is 60.7 Å². The number of aromatic carboxylic acids is 1. The molecule has 4 aromatic rings. The van der Waals surface area contributed by atoms with Crippen molar-refractivity contribution in [1.82, 2.24) is 19.7 Å². The molecule has 1 aliphatic rings. The van der Waals surface area contributed by atoms with Crippen LogP contribution in [-0.2, 0) is 4.79 Å². The Morgan fingerprint density at radius 2 is 1.70 bits per heavy atom. The van der Waals surface area contributed by atoms with Crippen LogP contribution >= 0.6 is 0 Å². The molecule has 33 heavy (non-hydrogen) atoms. The van der Waals surface area contributed by atoms with Gasteiger partial charge in [-0.05, 0) is 37.6 Å². The number of nitrogens with zero attached hydrogens (tertiary/aromatic N) is 4. The van der Waals surface area contributed by atoms with E-state index in [1.807, 2.05) is 50.2 Å². The molecule has 164 valence electrons. The fraction of sp³-hybridized carbons (Fsp3) is 0.160. The Labute approximate surface area is 190 Å². The molecule has 0 spiro atoms. The van der Waals surface area contributed by atoms with Crippen LogP contribution in [0.3, 0.4) is 0 Å². The smallest absolute Gasteiger partial charge is 0.335 e. The molecule has 5 rings (SSSR count). The van der Waals surface area contributed by atoms with Gasteiger partial charge in [-0.2, -0.15) is 9.78 Å². The zero-order chi connectivity index (χ0) is 23.1. The highest BCUT2D eigenvalue weighted by Crippen LogP contribution is 2.43. The summed E-state index contributed by atoms with van der Waals surface area (Å²) >= 11 is 0. The van der Waals surface area contributed by atoms with Crippen LogP contribution in [0.1, 0.15) is 45.2 Å². The van der Waals surface area contributed by atoms with E-state index in [4.69, 9.17) is 5.10 Å². The number of carboxylic acids is 1. The van der Waals surface area contributed by atoms with E-state index in [0.717, 1.165) is 33.8 Å². The van der Waals surface area contributed by atoms with Gasteiger partial charge in [0.05, 0.1) is 11.3 Å². The molecule has 8 heteroatoms. The van der Waals surface area contributed by atoms with Gasteiger partial charge in [0.15, 0.2) is 0 Å². The van der Waals surface area contributed by atoms with Crippen LogP contribution < -0.4 is 5.32 Å². The lowest BCUT2D eigenvalue weighted by Gasteiger charge is -2.24. The van der Waals surface area contributed by atoms with Crippen molar-refractivity contribution in [2.24, 2.45) is 0 Å². The molecule has 0 aliphatic carbocycles. The van der Waals surface area contributed by atoms with Crippen molar-refractivity contribution < 1.29 is 14.7 Å². The first kappa shape index (κ1) is 20.6. The Bertz CT molecular complexity index is 1360. The summed E-state index contributed by atoms with van der Waals surface area (Å²) in [6.07, 6.45) is 0.221. The van der Waals surface area contributed by atoms with Crippen LogP contribution in [0.2, 0.25) is 0 Å². The highest BCUT2D eigenvalue weighted by atomic mass is 16.4. The first-order valence-corrected chi connectivity index (χ1v) is 10.5. The summed E-state index contributed by atoms with van der Waals surface area (Å²) in [5.74, 6) is -0.532. The van der Waals surface area contributed by atoms with Crippen molar-refractivity contribution in [3.8, 4) is 17.2 Å². The monoisotopic (exact) mass is 439 g/mol. The number of aromatic nitrogens is 4. The molecule has 0 saturated heterocycles. The lowest BCUT2D eigenvalue weighted by Crippen LogP contribution is -2.25. The molecule has 2 aromatic heterocycles. The van der Waals surface area contributed by atoms with Crippen molar-refractivity contribution in [3.05, 3.63) is 88.7 Å². The number of rotatable bonds is 4. The number of fused-ring (bicyclic) bond motifs is 1. The van der Waals surface area contributed by atoms with Crippen LogP contribution in [0.4, 0.5) is 5.82 Å². The summed E-state index contributed by atoms with van der Waals surface area (Å²) in [4.78, 5) is 33.2. The number of amides is 1. The number of carbonyl (C=O) groups excluding carboxylic acids is 1. The normalized spacial score (nSPS) is 15.1. The van der Waals surface area contributed by atoms with Gasteiger partial charge >= 0.3 is 5.97 Å². The molecule has 1 aliphatic heterocycles. The zero-order valence-electron chi connectivity index (χ0n) is 18.1. The van der Waals surface area contributed by atoms with E-state index in [1.54, 1.807) is 28.9 Å². The van der Waals surface area contributed by atoms with Crippen molar-refractivity contribution >= 4 is 17.7 Å². The molecule has 2 N–H and O–H groups in total. The first-order valence-electron chi connectivity index (χ1n) is 10.5. The predicted octanol–water partition coefficient (Wildman–Crippen LogP) is 4.12. The summed E-state index contributed by atoms with van der Waals surface area (Å²) in [5.41, 5.74) is 5.11. The maximum Gasteiger partial charge on any atom is 0.335 e. The van der Waals surface area contributed by atoms with Crippen LogP contribution in [0.25, 0.3) is 17.2 Å². The predicted molar refractivity (Wildman–Crippen MR) is 123 cm³/mol. The van der Waals surface area contributed by atoms with Crippen molar-refractivity contribution in [2.45, 2.75) is 26.2 Å².